The Morgan fingerprint density at radius 2 is 2.07 bits per heavy atom. The quantitative estimate of drug-likeness (QED) is 0.665. The molecule has 148 valence electrons. The van der Waals surface area contributed by atoms with Crippen LogP contribution in [0.4, 0.5) is 5.69 Å². The molecule has 1 N–H and O–H groups in total. The molecule has 0 aromatic heterocycles. The van der Waals surface area contributed by atoms with E-state index in [-0.39, 0.29) is 17.7 Å². The minimum absolute atomic E-state index is 0.00393. The van der Waals surface area contributed by atoms with Crippen LogP contribution in [-0.2, 0) is 9.59 Å². The van der Waals surface area contributed by atoms with E-state index >= 15 is 0 Å². The molecular formula is C21H30BrN3O2. The number of carbonyl (C=O) groups excluding carboxylic acids is 2. The maximum Gasteiger partial charge on any atom is 0.227 e. The number of piperidine rings is 1. The number of likely N-dealkylation sites (tertiary alicyclic amines) is 1. The Bertz CT molecular complexity index is 667. The molecule has 0 saturated carbocycles. The number of hydrogen-bond acceptors (Lipinski definition) is 3. The monoisotopic (exact) mass is 435 g/mol. The summed E-state index contributed by atoms with van der Waals surface area (Å²) >= 11 is 3.49. The molecule has 2 saturated heterocycles. The number of anilines is 1. The maximum absolute atomic E-state index is 12.5. The lowest BCUT2D eigenvalue weighted by Gasteiger charge is -2.33. The van der Waals surface area contributed by atoms with Gasteiger partial charge in [0.25, 0.3) is 0 Å². The normalized spacial score (nSPS) is 23.6. The molecule has 0 spiro atoms. The SMILES string of the molecule is CC1CCCCN1CCCCNC(=O)C1CC(=O)N(c2ccccc2Br)C1. The number of halogens is 1. The number of benzene rings is 1. The Labute approximate surface area is 170 Å². The van der Waals surface area contributed by atoms with Gasteiger partial charge in [0, 0.05) is 30.0 Å². The van der Waals surface area contributed by atoms with Crippen molar-refractivity contribution in [2.24, 2.45) is 5.92 Å². The zero-order valence-electron chi connectivity index (χ0n) is 16.1. The van der Waals surface area contributed by atoms with Gasteiger partial charge in [-0.3, -0.25) is 9.59 Å². The lowest BCUT2D eigenvalue weighted by molar-refractivity contribution is -0.126. The first-order chi connectivity index (χ1) is 13.1. The second kappa shape index (κ2) is 9.69. The third-order valence-electron chi connectivity index (χ3n) is 5.75. The van der Waals surface area contributed by atoms with Crippen molar-refractivity contribution < 1.29 is 9.59 Å². The van der Waals surface area contributed by atoms with Gasteiger partial charge in [-0.1, -0.05) is 18.6 Å². The topological polar surface area (TPSA) is 52.7 Å². The molecule has 2 fully saturated rings. The zero-order valence-corrected chi connectivity index (χ0v) is 17.7. The van der Waals surface area contributed by atoms with E-state index in [0.29, 0.717) is 25.6 Å². The minimum Gasteiger partial charge on any atom is -0.356 e. The molecule has 2 aliphatic rings. The van der Waals surface area contributed by atoms with Crippen molar-refractivity contribution in [1.82, 2.24) is 10.2 Å². The van der Waals surface area contributed by atoms with Gasteiger partial charge in [0.05, 0.1) is 11.6 Å². The Balaban J connectivity index is 1.39. The van der Waals surface area contributed by atoms with Crippen LogP contribution in [0.1, 0.15) is 45.4 Å². The van der Waals surface area contributed by atoms with Gasteiger partial charge < -0.3 is 15.1 Å². The van der Waals surface area contributed by atoms with Crippen molar-refractivity contribution in [3.8, 4) is 0 Å². The fourth-order valence-corrected chi connectivity index (χ4v) is 4.57. The van der Waals surface area contributed by atoms with E-state index in [1.54, 1.807) is 4.90 Å². The molecule has 5 nitrogen and oxygen atoms in total. The van der Waals surface area contributed by atoms with Crippen molar-refractivity contribution in [2.45, 2.75) is 51.5 Å². The summed E-state index contributed by atoms with van der Waals surface area (Å²) in [5.41, 5.74) is 0.841. The highest BCUT2D eigenvalue weighted by Crippen LogP contribution is 2.31. The van der Waals surface area contributed by atoms with Crippen LogP contribution in [0.2, 0.25) is 0 Å². The van der Waals surface area contributed by atoms with Gasteiger partial charge in [0.2, 0.25) is 11.8 Å². The van der Waals surface area contributed by atoms with E-state index in [9.17, 15) is 9.59 Å². The Morgan fingerprint density at radius 1 is 1.26 bits per heavy atom. The standard InChI is InChI=1S/C21H30BrN3O2/c1-16-8-4-6-12-24(16)13-7-5-11-23-21(27)17-14-20(26)25(15-17)19-10-3-2-9-18(19)22/h2-3,9-10,16-17H,4-8,11-15H2,1H3,(H,23,27). The van der Waals surface area contributed by atoms with E-state index in [1.807, 2.05) is 24.3 Å². The first kappa shape index (κ1) is 20.3. The highest BCUT2D eigenvalue weighted by Gasteiger charge is 2.35. The van der Waals surface area contributed by atoms with Gasteiger partial charge >= 0.3 is 0 Å². The van der Waals surface area contributed by atoms with Crippen LogP contribution in [0, 0.1) is 5.92 Å². The van der Waals surface area contributed by atoms with Gasteiger partial charge in [-0.15, -0.1) is 0 Å². The summed E-state index contributed by atoms with van der Waals surface area (Å²) in [4.78, 5) is 29.1. The predicted molar refractivity (Wildman–Crippen MR) is 112 cm³/mol. The van der Waals surface area contributed by atoms with Crippen LogP contribution >= 0.6 is 15.9 Å². The van der Waals surface area contributed by atoms with Crippen LogP contribution in [0.3, 0.4) is 0 Å². The molecule has 2 atom stereocenters. The van der Waals surface area contributed by atoms with Crippen molar-refractivity contribution in [3.05, 3.63) is 28.7 Å². The lowest BCUT2D eigenvalue weighted by atomic mass is 10.0. The lowest BCUT2D eigenvalue weighted by Crippen LogP contribution is -2.38. The van der Waals surface area contributed by atoms with Crippen molar-refractivity contribution in [1.29, 1.82) is 0 Å². The number of para-hydroxylation sites is 1. The van der Waals surface area contributed by atoms with Gasteiger partial charge in [-0.05, 0) is 73.8 Å². The second-order valence-corrected chi connectivity index (χ2v) is 8.59. The summed E-state index contributed by atoms with van der Waals surface area (Å²) in [6.45, 7) is 5.80. The Kier molecular flexibility index (Phi) is 7.30. The molecule has 0 bridgehead atoms. The van der Waals surface area contributed by atoms with Crippen LogP contribution in [0.25, 0.3) is 0 Å². The number of amides is 2. The van der Waals surface area contributed by atoms with Crippen LogP contribution in [0.5, 0.6) is 0 Å². The van der Waals surface area contributed by atoms with E-state index in [1.165, 1.54) is 25.8 Å². The van der Waals surface area contributed by atoms with Gasteiger partial charge in [-0.25, -0.2) is 0 Å². The first-order valence-electron chi connectivity index (χ1n) is 10.1. The fourth-order valence-electron chi connectivity index (χ4n) is 4.07. The molecule has 1 aromatic rings. The van der Waals surface area contributed by atoms with Crippen LogP contribution < -0.4 is 10.2 Å². The molecular weight excluding hydrogens is 406 g/mol. The summed E-state index contributed by atoms with van der Waals surface area (Å²) in [6, 6.07) is 8.34. The van der Waals surface area contributed by atoms with E-state index in [2.05, 4.69) is 33.1 Å². The molecule has 3 rings (SSSR count). The highest BCUT2D eigenvalue weighted by molar-refractivity contribution is 9.10. The summed E-state index contributed by atoms with van der Waals surface area (Å²) in [7, 11) is 0. The number of nitrogens with zero attached hydrogens (tertiary/aromatic N) is 2. The number of hydrogen-bond donors (Lipinski definition) is 1. The zero-order chi connectivity index (χ0) is 19.2. The average Bonchev–Trinajstić information content (AvgIpc) is 3.05. The van der Waals surface area contributed by atoms with Crippen LogP contribution in [0.15, 0.2) is 28.7 Å². The number of carbonyl (C=O) groups is 2. The van der Waals surface area contributed by atoms with E-state index in [0.717, 1.165) is 29.5 Å². The van der Waals surface area contributed by atoms with Gasteiger partial charge in [0.15, 0.2) is 0 Å². The van der Waals surface area contributed by atoms with Crippen LogP contribution in [-0.4, -0.2) is 48.9 Å². The smallest absolute Gasteiger partial charge is 0.227 e. The molecule has 2 amide bonds. The second-order valence-electron chi connectivity index (χ2n) is 7.74. The maximum atomic E-state index is 12.5. The Morgan fingerprint density at radius 3 is 2.85 bits per heavy atom. The van der Waals surface area contributed by atoms with E-state index in [4.69, 9.17) is 0 Å². The van der Waals surface area contributed by atoms with Crippen molar-refractivity contribution >= 4 is 33.4 Å². The first-order valence-corrected chi connectivity index (χ1v) is 10.9. The number of unbranched alkanes of at least 4 members (excludes halogenated alkanes) is 1. The average molecular weight is 436 g/mol. The molecule has 0 aliphatic carbocycles. The molecule has 27 heavy (non-hydrogen) atoms. The fraction of sp³-hybridized carbons (Fsp3) is 0.619. The summed E-state index contributed by atoms with van der Waals surface area (Å²) in [5.74, 6) is -0.239. The van der Waals surface area contributed by atoms with Gasteiger partial charge in [0.1, 0.15) is 0 Å². The highest BCUT2D eigenvalue weighted by atomic mass is 79.9. The molecule has 0 radical (unpaired) electrons. The molecule has 6 heteroatoms. The number of nitrogens with one attached hydrogen (secondary N) is 1. The van der Waals surface area contributed by atoms with E-state index < -0.39 is 0 Å². The molecule has 2 aliphatic heterocycles. The summed E-state index contributed by atoms with van der Waals surface area (Å²) in [5, 5.41) is 3.03. The summed E-state index contributed by atoms with van der Waals surface area (Å²) in [6.07, 6.45) is 6.36. The summed E-state index contributed by atoms with van der Waals surface area (Å²) < 4.78 is 0.881. The molecule has 2 heterocycles. The third-order valence-corrected chi connectivity index (χ3v) is 6.42. The largest absolute Gasteiger partial charge is 0.356 e. The van der Waals surface area contributed by atoms with Crippen molar-refractivity contribution in [2.75, 3.05) is 31.1 Å². The minimum atomic E-state index is -0.258. The molecule has 1 aromatic carbocycles. The predicted octanol–water partition coefficient (Wildman–Crippen LogP) is 3.57. The Hall–Kier alpha value is -1.40. The molecule has 2 unspecified atom stereocenters. The van der Waals surface area contributed by atoms with Gasteiger partial charge in [-0.2, -0.15) is 0 Å². The van der Waals surface area contributed by atoms with Crippen molar-refractivity contribution in [3.63, 3.8) is 0 Å². The third kappa shape index (κ3) is 5.32. The number of rotatable bonds is 7.